The molecule has 1 aromatic heterocycles. The van der Waals surface area contributed by atoms with Crippen LogP contribution in [0.15, 0.2) is 46.0 Å². The van der Waals surface area contributed by atoms with Crippen molar-refractivity contribution in [3.8, 4) is 11.5 Å². The Morgan fingerprint density at radius 1 is 1.10 bits per heavy atom. The molecular weight excluding hydrogens is 370 g/mol. The van der Waals surface area contributed by atoms with E-state index in [2.05, 4.69) is 24.5 Å². The van der Waals surface area contributed by atoms with Crippen molar-refractivity contribution in [3.63, 3.8) is 0 Å². The van der Waals surface area contributed by atoms with Crippen LogP contribution in [0.1, 0.15) is 39.0 Å². The zero-order chi connectivity index (χ0) is 21.5. The molecule has 0 saturated carbocycles. The Hall–Kier alpha value is -2.67. The second-order valence-corrected chi connectivity index (χ2v) is 7.75. The summed E-state index contributed by atoms with van der Waals surface area (Å²) < 4.78 is 16.1. The first kappa shape index (κ1) is 22.6. The van der Waals surface area contributed by atoms with E-state index >= 15 is 0 Å². The van der Waals surface area contributed by atoms with Crippen LogP contribution in [0, 0.1) is 0 Å². The third-order valence-corrected chi connectivity index (χ3v) is 4.79. The van der Waals surface area contributed by atoms with Gasteiger partial charge in [-0.15, -0.1) is 0 Å². The molecule has 3 N–H and O–H groups in total. The Bertz CT molecular complexity index is 798. The zero-order valence-corrected chi connectivity index (χ0v) is 18.2. The zero-order valence-electron chi connectivity index (χ0n) is 18.2. The van der Waals surface area contributed by atoms with E-state index in [1.165, 1.54) is 0 Å². The van der Waals surface area contributed by atoms with Crippen molar-refractivity contribution in [2.45, 2.75) is 38.7 Å². The molecule has 0 aliphatic carbocycles. The lowest BCUT2D eigenvalue weighted by atomic mass is 9.84. The molecule has 0 radical (unpaired) electrons. The SMILES string of the molecule is CCNC(=NCC(C)(C)c1ccc(OC)c(OC)c1)NCC(C)(O)c1ccco1. The predicted octanol–water partition coefficient (Wildman–Crippen LogP) is 3.04. The summed E-state index contributed by atoms with van der Waals surface area (Å²) in [5.41, 5.74) is -0.276. The van der Waals surface area contributed by atoms with E-state index in [0.29, 0.717) is 36.3 Å². The number of rotatable bonds is 9. The number of ether oxygens (including phenoxy) is 2. The van der Waals surface area contributed by atoms with E-state index in [9.17, 15) is 5.11 Å². The molecule has 2 aromatic rings. The van der Waals surface area contributed by atoms with Gasteiger partial charge in [-0.3, -0.25) is 4.99 Å². The van der Waals surface area contributed by atoms with Crippen molar-refractivity contribution in [2.24, 2.45) is 4.99 Å². The number of guanidine groups is 1. The minimum atomic E-state index is -1.14. The van der Waals surface area contributed by atoms with Crippen LogP contribution in [0.5, 0.6) is 11.5 Å². The normalized spacial score (nSPS) is 14.2. The lowest BCUT2D eigenvalue weighted by Crippen LogP contribution is -2.45. The second kappa shape index (κ2) is 9.69. The van der Waals surface area contributed by atoms with Gasteiger partial charge in [-0.1, -0.05) is 19.9 Å². The molecule has 7 nitrogen and oxygen atoms in total. The molecule has 0 saturated heterocycles. The Labute approximate surface area is 173 Å². The quantitative estimate of drug-likeness (QED) is 0.441. The highest BCUT2D eigenvalue weighted by atomic mass is 16.5. The molecule has 0 fully saturated rings. The maximum Gasteiger partial charge on any atom is 0.191 e. The smallest absolute Gasteiger partial charge is 0.191 e. The molecule has 2 rings (SSSR count). The second-order valence-electron chi connectivity index (χ2n) is 7.75. The number of nitrogens with zero attached hydrogens (tertiary/aromatic N) is 1. The van der Waals surface area contributed by atoms with Crippen molar-refractivity contribution in [1.29, 1.82) is 0 Å². The highest BCUT2D eigenvalue weighted by Gasteiger charge is 2.27. The van der Waals surface area contributed by atoms with Crippen LogP contribution in [-0.4, -0.2) is 44.9 Å². The number of hydrogen-bond donors (Lipinski definition) is 3. The van der Waals surface area contributed by atoms with Crippen LogP contribution in [0.2, 0.25) is 0 Å². The fourth-order valence-corrected chi connectivity index (χ4v) is 2.89. The number of aliphatic hydroxyl groups is 1. The van der Waals surface area contributed by atoms with Crippen LogP contribution >= 0.6 is 0 Å². The first-order valence-electron chi connectivity index (χ1n) is 9.74. The molecule has 7 heteroatoms. The molecular formula is C22H33N3O4. The predicted molar refractivity (Wildman–Crippen MR) is 115 cm³/mol. The number of aliphatic imine (C=N–C) groups is 1. The summed E-state index contributed by atoms with van der Waals surface area (Å²) in [5.74, 6) is 2.53. The van der Waals surface area contributed by atoms with Gasteiger partial charge in [0.05, 0.1) is 33.6 Å². The van der Waals surface area contributed by atoms with Crippen molar-refractivity contribution in [2.75, 3.05) is 33.9 Å². The molecule has 1 heterocycles. The summed E-state index contributed by atoms with van der Waals surface area (Å²) >= 11 is 0. The van der Waals surface area contributed by atoms with Gasteiger partial charge in [0, 0.05) is 12.0 Å². The first-order chi connectivity index (χ1) is 13.7. The van der Waals surface area contributed by atoms with Crippen molar-refractivity contribution in [3.05, 3.63) is 47.9 Å². The van der Waals surface area contributed by atoms with Gasteiger partial charge >= 0.3 is 0 Å². The van der Waals surface area contributed by atoms with E-state index < -0.39 is 5.60 Å². The molecule has 0 aliphatic rings. The summed E-state index contributed by atoms with van der Waals surface area (Å²) in [6.45, 7) is 9.48. The highest BCUT2D eigenvalue weighted by molar-refractivity contribution is 5.79. The summed E-state index contributed by atoms with van der Waals surface area (Å²) in [4.78, 5) is 4.72. The minimum Gasteiger partial charge on any atom is -0.493 e. The molecule has 0 aliphatic heterocycles. The maximum atomic E-state index is 10.6. The van der Waals surface area contributed by atoms with Crippen molar-refractivity contribution in [1.82, 2.24) is 10.6 Å². The summed E-state index contributed by atoms with van der Waals surface area (Å²) in [5, 5.41) is 17.1. The van der Waals surface area contributed by atoms with Gasteiger partial charge in [-0.25, -0.2) is 0 Å². The molecule has 0 spiro atoms. The topological polar surface area (TPSA) is 88.3 Å². The first-order valence-corrected chi connectivity index (χ1v) is 9.74. The Balaban J connectivity index is 2.12. The van der Waals surface area contributed by atoms with Gasteiger partial charge in [-0.05, 0) is 43.7 Å². The lowest BCUT2D eigenvalue weighted by Gasteiger charge is -2.26. The minimum absolute atomic E-state index is 0.231. The van der Waals surface area contributed by atoms with E-state index in [1.807, 2.05) is 25.1 Å². The van der Waals surface area contributed by atoms with Crippen LogP contribution in [0.25, 0.3) is 0 Å². The standard InChI is InChI=1S/C22H33N3O4/c1-7-23-20(25-15-22(4,26)19-9-8-12-29-19)24-14-21(2,3)16-10-11-17(27-5)18(13-16)28-6/h8-13,26H,7,14-15H2,1-6H3,(H2,23,24,25). The van der Waals surface area contributed by atoms with E-state index in [1.54, 1.807) is 39.5 Å². The summed E-state index contributed by atoms with van der Waals surface area (Å²) in [6.07, 6.45) is 1.55. The summed E-state index contributed by atoms with van der Waals surface area (Å²) in [6, 6.07) is 9.43. The van der Waals surface area contributed by atoms with Crippen LogP contribution in [0.3, 0.4) is 0 Å². The fourth-order valence-electron chi connectivity index (χ4n) is 2.89. The van der Waals surface area contributed by atoms with E-state index in [4.69, 9.17) is 18.9 Å². The average Bonchev–Trinajstić information content (AvgIpc) is 3.25. The fraction of sp³-hybridized carbons (Fsp3) is 0.500. The molecule has 1 unspecified atom stereocenters. The number of hydrogen-bond acceptors (Lipinski definition) is 5. The van der Waals surface area contributed by atoms with Crippen LogP contribution < -0.4 is 20.1 Å². The molecule has 1 aromatic carbocycles. The van der Waals surface area contributed by atoms with E-state index in [-0.39, 0.29) is 12.0 Å². The molecule has 1 atom stereocenters. The molecule has 29 heavy (non-hydrogen) atoms. The summed E-state index contributed by atoms with van der Waals surface area (Å²) in [7, 11) is 3.25. The van der Waals surface area contributed by atoms with Crippen LogP contribution in [-0.2, 0) is 11.0 Å². The number of nitrogens with one attached hydrogen (secondary N) is 2. The third kappa shape index (κ3) is 5.90. The Morgan fingerprint density at radius 2 is 1.83 bits per heavy atom. The maximum absolute atomic E-state index is 10.6. The van der Waals surface area contributed by atoms with Gasteiger partial charge in [-0.2, -0.15) is 0 Å². The lowest BCUT2D eigenvalue weighted by molar-refractivity contribution is 0.0386. The third-order valence-electron chi connectivity index (χ3n) is 4.79. The molecule has 160 valence electrons. The van der Waals surface area contributed by atoms with Gasteiger partial charge < -0.3 is 29.6 Å². The highest BCUT2D eigenvalue weighted by Crippen LogP contribution is 2.33. The largest absolute Gasteiger partial charge is 0.493 e. The van der Waals surface area contributed by atoms with Crippen molar-refractivity contribution < 1.29 is 19.0 Å². The van der Waals surface area contributed by atoms with Gasteiger partial charge in [0.15, 0.2) is 17.5 Å². The molecule has 0 bridgehead atoms. The number of methoxy groups -OCH3 is 2. The van der Waals surface area contributed by atoms with Crippen LogP contribution in [0.4, 0.5) is 0 Å². The monoisotopic (exact) mass is 403 g/mol. The molecule has 0 amide bonds. The average molecular weight is 404 g/mol. The van der Waals surface area contributed by atoms with E-state index in [0.717, 1.165) is 5.56 Å². The Morgan fingerprint density at radius 3 is 2.41 bits per heavy atom. The van der Waals surface area contributed by atoms with Gasteiger partial charge in [0.1, 0.15) is 11.4 Å². The van der Waals surface area contributed by atoms with Gasteiger partial charge in [0.2, 0.25) is 0 Å². The van der Waals surface area contributed by atoms with Gasteiger partial charge in [0.25, 0.3) is 0 Å². The number of benzene rings is 1. The number of furan rings is 1. The Kier molecular flexibility index (Phi) is 7.56. The van der Waals surface area contributed by atoms with Crippen molar-refractivity contribution >= 4 is 5.96 Å².